The predicted octanol–water partition coefficient (Wildman–Crippen LogP) is 11.6. The lowest BCUT2D eigenvalue weighted by molar-refractivity contribution is 0.106. The van der Waals surface area contributed by atoms with E-state index in [0.717, 1.165) is 27.8 Å². The van der Waals surface area contributed by atoms with Crippen LogP contribution in [0.3, 0.4) is 0 Å². The molecular formula is C52H28OS. The van der Waals surface area contributed by atoms with Crippen LogP contribution in [-0.4, -0.2) is 10.6 Å². The van der Waals surface area contributed by atoms with Crippen molar-refractivity contribution in [1.29, 1.82) is 0 Å². The third kappa shape index (κ3) is 3.42. The van der Waals surface area contributed by atoms with Gasteiger partial charge in [0.15, 0.2) is 0 Å². The second-order valence-corrected chi connectivity index (χ2v) is 15.2. The molecule has 8 aromatic carbocycles. The van der Waals surface area contributed by atoms with Gasteiger partial charge in [0.2, 0.25) is 5.78 Å². The third-order valence-electron chi connectivity index (χ3n) is 12.5. The first-order valence-corrected chi connectivity index (χ1v) is 18.8. The van der Waals surface area contributed by atoms with Gasteiger partial charge in [-0.25, -0.2) is 0 Å². The van der Waals surface area contributed by atoms with Crippen LogP contribution in [0.25, 0.3) is 44.5 Å². The van der Waals surface area contributed by atoms with E-state index in [1.54, 1.807) is 0 Å². The van der Waals surface area contributed by atoms with Crippen molar-refractivity contribution < 1.29 is 4.79 Å². The van der Waals surface area contributed by atoms with E-state index in [-0.39, 0.29) is 10.6 Å². The van der Waals surface area contributed by atoms with Crippen LogP contribution in [0, 0.1) is 12.1 Å². The van der Waals surface area contributed by atoms with Gasteiger partial charge in [-0.2, -0.15) is 0 Å². The summed E-state index contributed by atoms with van der Waals surface area (Å²) in [5, 5.41) is 0. The van der Waals surface area contributed by atoms with Crippen LogP contribution in [0.15, 0.2) is 170 Å². The second-order valence-electron chi connectivity index (χ2n) is 14.8. The molecule has 0 unspecified atom stereocenters. The number of thiocarbonyl (C=S) groups is 1. The minimum atomic E-state index is -0.549. The molecule has 0 fully saturated rings. The maximum absolute atomic E-state index is 14.8. The maximum Gasteiger partial charge on any atom is 0.205 e. The summed E-state index contributed by atoms with van der Waals surface area (Å²) in [6, 6.07) is 67.4. The Labute approximate surface area is 319 Å². The minimum Gasteiger partial charge on any atom is -0.288 e. The number of hydrogen-bond acceptors (Lipinski definition) is 2. The van der Waals surface area contributed by atoms with Gasteiger partial charge >= 0.3 is 0 Å². The molecule has 54 heavy (non-hydrogen) atoms. The predicted molar refractivity (Wildman–Crippen MR) is 219 cm³/mol. The van der Waals surface area contributed by atoms with E-state index >= 15 is 0 Å². The molecule has 0 N–H and O–H groups in total. The fourth-order valence-corrected chi connectivity index (χ4v) is 10.8. The molecule has 0 heterocycles. The molecule has 12 rings (SSSR count). The molecule has 2 heteroatoms. The van der Waals surface area contributed by atoms with Crippen molar-refractivity contribution >= 4 is 22.9 Å². The molecule has 0 saturated carbocycles. The maximum atomic E-state index is 14.8. The zero-order valence-electron chi connectivity index (χ0n) is 29.0. The van der Waals surface area contributed by atoms with Crippen molar-refractivity contribution in [2.45, 2.75) is 10.8 Å². The lowest BCUT2D eigenvalue weighted by atomic mass is 9.70. The normalized spacial score (nSPS) is 14.6. The number of ketones is 1. The Bertz CT molecular complexity index is 2670. The van der Waals surface area contributed by atoms with Crippen LogP contribution >= 0.6 is 12.2 Å². The fourth-order valence-electron chi connectivity index (χ4n) is 10.6. The first-order valence-electron chi connectivity index (χ1n) is 18.4. The summed E-state index contributed by atoms with van der Waals surface area (Å²) in [4.78, 5) is 15.0. The topological polar surface area (TPSA) is 17.1 Å². The van der Waals surface area contributed by atoms with Crippen LogP contribution in [0.1, 0.15) is 60.4 Å². The molecule has 248 valence electrons. The Morgan fingerprint density at radius 1 is 0.389 bits per heavy atom. The smallest absolute Gasteiger partial charge is 0.205 e. The van der Waals surface area contributed by atoms with Gasteiger partial charge in [0.25, 0.3) is 0 Å². The molecule has 0 amide bonds. The van der Waals surface area contributed by atoms with Gasteiger partial charge in [-0.05, 0) is 95.6 Å². The zero-order chi connectivity index (χ0) is 35.8. The summed E-state index contributed by atoms with van der Waals surface area (Å²) in [6.07, 6.45) is 0. The molecule has 0 aliphatic heterocycles. The van der Waals surface area contributed by atoms with Gasteiger partial charge in [0.1, 0.15) is 4.86 Å². The first kappa shape index (κ1) is 29.9. The van der Waals surface area contributed by atoms with Gasteiger partial charge in [-0.1, -0.05) is 182 Å². The lowest BCUT2D eigenvalue weighted by Gasteiger charge is -2.30. The third-order valence-corrected chi connectivity index (χ3v) is 13.0. The molecule has 4 aliphatic carbocycles. The summed E-state index contributed by atoms with van der Waals surface area (Å²) in [5.74, 6) is -0.181. The van der Waals surface area contributed by atoms with Crippen LogP contribution in [0.2, 0.25) is 0 Å². The molecule has 4 aliphatic rings. The van der Waals surface area contributed by atoms with Crippen molar-refractivity contribution in [3.8, 4) is 44.5 Å². The highest BCUT2D eigenvalue weighted by atomic mass is 32.1. The number of fused-ring (bicyclic) bond motifs is 20. The van der Waals surface area contributed by atoms with Gasteiger partial charge in [-0.15, -0.1) is 0 Å². The van der Waals surface area contributed by atoms with Crippen molar-refractivity contribution in [3.63, 3.8) is 0 Å². The van der Waals surface area contributed by atoms with Crippen molar-refractivity contribution in [2.24, 2.45) is 0 Å². The molecule has 0 bridgehead atoms. The Hall–Kier alpha value is -6.66. The number of carbonyl (C=O) groups is 1. The number of Topliss-reactive ketones (excluding diaryl/α,β-unsaturated/α-hetero) is 1. The summed E-state index contributed by atoms with van der Waals surface area (Å²) in [7, 11) is 0. The van der Waals surface area contributed by atoms with E-state index in [1.165, 1.54) is 61.2 Å². The van der Waals surface area contributed by atoms with E-state index in [0.29, 0.717) is 11.1 Å². The molecule has 2 spiro atoms. The van der Waals surface area contributed by atoms with Crippen LogP contribution in [-0.2, 0) is 10.8 Å². The monoisotopic (exact) mass is 700 g/mol. The van der Waals surface area contributed by atoms with E-state index < -0.39 is 10.8 Å². The summed E-state index contributed by atoms with van der Waals surface area (Å²) in [6.45, 7) is 0. The average Bonchev–Trinajstić information content (AvgIpc) is 3.92. The standard InChI is InChI=1S/C52H28OS/c53-49(31-25-27-39-37-17-5-11-23-45(37)51(47(39)29-31)41-19-7-1-13-33(41)34-14-2-8-20-42(34)51)50(54)32-26-28-40-38-18-6-12-24-46(38)52(48(40)30-32)43-21-9-3-15-35(43)36-16-4-10-22-44(36)52/h1-25,27,29-30H. The number of benzene rings is 7. The van der Waals surface area contributed by atoms with Crippen molar-refractivity contribution in [1.82, 2.24) is 0 Å². The Morgan fingerprint density at radius 2 is 0.759 bits per heavy atom. The Kier molecular flexibility index (Phi) is 5.80. The highest BCUT2D eigenvalue weighted by Gasteiger charge is 2.53. The summed E-state index contributed by atoms with van der Waals surface area (Å²) >= 11 is 6.15. The lowest BCUT2D eigenvalue weighted by Crippen LogP contribution is -2.27. The summed E-state index contributed by atoms with van der Waals surface area (Å²) < 4.78 is 0. The van der Waals surface area contributed by atoms with E-state index in [1.807, 2.05) is 6.07 Å². The quantitative estimate of drug-likeness (QED) is 0.135. The van der Waals surface area contributed by atoms with Gasteiger partial charge in [-0.3, -0.25) is 4.79 Å². The van der Waals surface area contributed by atoms with Crippen LogP contribution in [0.5, 0.6) is 0 Å². The van der Waals surface area contributed by atoms with Gasteiger partial charge < -0.3 is 0 Å². The molecule has 1 nitrogen and oxygen atoms in total. The molecule has 0 aromatic heterocycles. The number of carbonyl (C=O) groups excluding carboxylic acids is 1. The van der Waals surface area contributed by atoms with E-state index in [2.05, 4.69) is 176 Å². The minimum absolute atomic E-state index is 0.181. The highest BCUT2D eigenvalue weighted by Crippen LogP contribution is 2.64. The molecule has 0 radical (unpaired) electrons. The molecular weight excluding hydrogens is 673 g/mol. The van der Waals surface area contributed by atoms with Crippen LogP contribution < -0.4 is 0 Å². The van der Waals surface area contributed by atoms with E-state index in [9.17, 15) is 4.79 Å². The molecule has 0 atom stereocenters. The molecule has 0 saturated heterocycles. The summed E-state index contributed by atoms with van der Waals surface area (Å²) in [5.41, 5.74) is 19.1. The largest absolute Gasteiger partial charge is 0.288 e. The zero-order valence-corrected chi connectivity index (χ0v) is 29.8. The van der Waals surface area contributed by atoms with Crippen LogP contribution in [0.4, 0.5) is 0 Å². The van der Waals surface area contributed by atoms with Gasteiger partial charge in [0, 0.05) is 16.7 Å². The Morgan fingerprint density at radius 3 is 1.22 bits per heavy atom. The SMILES string of the molecule is O=C(C(=S)c1c#cc2c(c1)C1(c3ccccc3-2)c2ccccc2-c2ccccc21)c1ccc2c(c1)C1(c3ccccc3-c3ccccc31)c1ccccc1-2. The Balaban J connectivity index is 1.03. The van der Waals surface area contributed by atoms with E-state index in [4.69, 9.17) is 12.2 Å². The number of rotatable bonds is 3. The highest BCUT2D eigenvalue weighted by molar-refractivity contribution is 7.82. The molecule has 8 aromatic rings. The van der Waals surface area contributed by atoms with Gasteiger partial charge in [0.05, 0.1) is 10.8 Å². The van der Waals surface area contributed by atoms with Crippen molar-refractivity contribution in [3.05, 3.63) is 238 Å². The fraction of sp³-hybridized carbons (Fsp3) is 0.0385. The first-order chi connectivity index (χ1) is 26.6. The second kappa shape index (κ2) is 10.5. The average molecular weight is 701 g/mol. The van der Waals surface area contributed by atoms with Crippen molar-refractivity contribution in [2.75, 3.05) is 0 Å². The number of hydrogen-bond donors (Lipinski definition) is 0.